The normalized spacial score (nSPS) is 10.6. The van der Waals surface area contributed by atoms with Crippen LogP contribution < -0.4 is 5.73 Å². The van der Waals surface area contributed by atoms with Crippen LogP contribution in [0.2, 0.25) is 0 Å². The van der Waals surface area contributed by atoms with E-state index >= 15 is 0 Å². The molecule has 0 aliphatic rings. The second-order valence-corrected chi connectivity index (χ2v) is 6.23. The van der Waals surface area contributed by atoms with Crippen molar-refractivity contribution in [2.75, 3.05) is 0 Å². The standard InChI is InChI=1S/C21H17N7/c22-9-15-6-7-19(21-24-11-16(10-23)12-25-21)18(8-15)14-28-26-13-20(27-28)17-4-2-1-3-5-17/h1-8,11-13H,10,14,23H2. The number of nitrogens with two attached hydrogens (primary N) is 1. The van der Waals surface area contributed by atoms with Crippen LogP contribution in [0.25, 0.3) is 22.6 Å². The van der Waals surface area contributed by atoms with Gasteiger partial charge in [-0.25, -0.2) is 9.97 Å². The van der Waals surface area contributed by atoms with E-state index in [1.165, 1.54) is 0 Å². The molecule has 2 heterocycles. The zero-order chi connectivity index (χ0) is 19.3. The lowest BCUT2D eigenvalue weighted by Crippen LogP contribution is -2.07. The van der Waals surface area contributed by atoms with Crippen molar-refractivity contribution < 1.29 is 0 Å². The molecular formula is C21H17N7. The van der Waals surface area contributed by atoms with Gasteiger partial charge in [0, 0.05) is 35.6 Å². The number of nitrogens with zero attached hydrogens (tertiary/aromatic N) is 6. The van der Waals surface area contributed by atoms with Crippen LogP contribution in [-0.2, 0) is 13.1 Å². The molecule has 0 fully saturated rings. The third-order valence-electron chi connectivity index (χ3n) is 4.33. The highest BCUT2D eigenvalue weighted by atomic mass is 15.5. The van der Waals surface area contributed by atoms with Crippen LogP contribution in [0.3, 0.4) is 0 Å². The molecule has 0 spiro atoms. The Morgan fingerprint density at radius 1 is 1.00 bits per heavy atom. The average molecular weight is 367 g/mol. The number of hydrogen-bond donors (Lipinski definition) is 1. The van der Waals surface area contributed by atoms with Crippen molar-refractivity contribution in [3.8, 4) is 28.7 Å². The summed E-state index contributed by atoms with van der Waals surface area (Å²) >= 11 is 0. The highest BCUT2D eigenvalue weighted by Gasteiger charge is 2.12. The molecule has 0 unspecified atom stereocenters. The van der Waals surface area contributed by atoms with Crippen molar-refractivity contribution in [3.05, 3.63) is 83.8 Å². The van der Waals surface area contributed by atoms with Crippen LogP contribution in [-0.4, -0.2) is 25.0 Å². The Labute approximate surface area is 162 Å². The van der Waals surface area contributed by atoms with E-state index in [0.717, 1.165) is 27.9 Å². The van der Waals surface area contributed by atoms with E-state index in [1.54, 1.807) is 29.5 Å². The lowest BCUT2D eigenvalue weighted by atomic mass is 10.0. The van der Waals surface area contributed by atoms with Gasteiger partial charge in [-0.05, 0) is 23.8 Å². The smallest absolute Gasteiger partial charge is 0.159 e. The summed E-state index contributed by atoms with van der Waals surface area (Å²) < 4.78 is 0. The van der Waals surface area contributed by atoms with E-state index in [-0.39, 0.29) is 0 Å². The number of benzene rings is 2. The fourth-order valence-corrected chi connectivity index (χ4v) is 2.88. The molecule has 2 N–H and O–H groups in total. The van der Waals surface area contributed by atoms with Crippen LogP contribution in [0, 0.1) is 11.3 Å². The van der Waals surface area contributed by atoms with Crippen LogP contribution in [0.15, 0.2) is 67.1 Å². The third-order valence-corrected chi connectivity index (χ3v) is 4.33. The Kier molecular flexibility index (Phi) is 4.87. The predicted octanol–water partition coefficient (Wildman–Crippen LogP) is 2.78. The summed E-state index contributed by atoms with van der Waals surface area (Å²) in [5.41, 5.74) is 10.5. The van der Waals surface area contributed by atoms with Crippen molar-refractivity contribution in [3.63, 3.8) is 0 Å². The van der Waals surface area contributed by atoms with Crippen LogP contribution >= 0.6 is 0 Å². The minimum Gasteiger partial charge on any atom is -0.326 e. The molecule has 0 atom stereocenters. The largest absolute Gasteiger partial charge is 0.326 e. The number of rotatable bonds is 5. The van der Waals surface area contributed by atoms with Crippen LogP contribution in [0.5, 0.6) is 0 Å². The highest BCUT2D eigenvalue weighted by molar-refractivity contribution is 5.62. The summed E-state index contributed by atoms with van der Waals surface area (Å²) in [4.78, 5) is 10.4. The summed E-state index contributed by atoms with van der Waals surface area (Å²) in [6.45, 7) is 0.791. The maximum absolute atomic E-state index is 9.28. The van der Waals surface area contributed by atoms with Gasteiger partial charge < -0.3 is 5.73 Å². The number of nitriles is 1. The van der Waals surface area contributed by atoms with Crippen molar-refractivity contribution >= 4 is 0 Å². The Morgan fingerprint density at radius 2 is 1.79 bits per heavy atom. The topological polar surface area (TPSA) is 106 Å². The van der Waals surface area contributed by atoms with Crippen molar-refractivity contribution in [2.45, 2.75) is 13.1 Å². The van der Waals surface area contributed by atoms with Crippen molar-refractivity contribution in [1.82, 2.24) is 25.0 Å². The average Bonchev–Trinajstić information content (AvgIpc) is 3.23. The monoisotopic (exact) mass is 367 g/mol. The van der Waals surface area contributed by atoms with Gasteiger partial charge in [0.05, 0.1) is 24.4 Å². The minimum absolute atomic E-state index is 0.389. The molecule has 0 amide bonds. The molecule has 0 radical (unpaired) electrons. The van der Waals surface area contributed by atoms with Gasteiger partial charge in [0.15, 0.2) is 5.82 Å². The molecule has 0 bridgehead atoms. The quantitative estimate of drug-likeness (QED) is 0.581. The molecule has 4 aromatic rings. The molecular weight excluding hydrogens is 350 g/mol. The molecule has 136 valence electrons. The van der Waals surface area contributed by atoms with Gasteiger partial charge in [-0.1, -0.05) is 30.3 Å². The first-order valence-corrected chi connectivity index (χ1v) is 8.77. The Bertz CT molecular complexity index is 1130. The molecule has 0 aliphatic carbocycles. The van der Waals surface area contributed by atoms with Gasteiger partial charge in [0.25, 0.3) is 0 Å². The zero-order valence-electron chi connectivity index (χ0n) is 15.0. The van der Waals surface area contributed by atoms with Crippen molar-refractivity contribution in [1.29, 1.82) is 5.26 Å². The molecule has 7 heteroatoms. The van der Waals surface area contributed by atoms with Gasteiger partial charge >= 0.3 is 0 Å². The summed E-state index contributed by atoms with van der Waals surface area (Å²) in [6.07, 6.45) is 5.16. The summed E-state index contributed by atoms with van der Waals surface area (Å²) in [7, 11) is 0. The third kappa shape index (κ3) is 3.63. The zero-order valence-corrected chi connectivity index (χ0v) is 15.0. The van der Waals surface area contributed by atoms with Crippen LogP contribution in [0.4, 0.5) is 0 Å². The van der Waals surface area contributed by atoms with Gasteiger partial charge in [-0.3, -0.25) is 0 Å². The van der Waals surface area contributed by atoms with Gasteiger partial charge in [-0.2, -0.15) is 20.3 Å². The van der Waals surface area contributed by atoms with E-state index < -0.39 is 0 Å². The maximum Gasteiger partial charge on any atom is 0.159 e. The SMILES string of the molecule is N#Cc1ccc(-c2ncc(CN)cn2)c(Cn2ncc(-c3ccccc3)n2)c1. The fourth-order valence-electron chi connectivity index (χ4n) is 2.88. The molecule has 0 aliphatic heterocycles. The molecule has 0 saturated carbocycles. The van der Waals surface area contributed by atoms with Gasteiger partial charge in [0.2, 0.25) is 0 Å². The molecule has 2 aromatic carbocycles. The van der Waals surface area contributed by atoms with Gasteiger partial charge in [-0.15, -0.1) is 0 Å². The fraction of sp³-hybridized carbons (Fsp3) is 0.0952. The first-order chi connectivity index (χ1) is 13.8. The summed E-state index contributed by atoms with van der Waals surface area (Å²) in [6, 6.07) is 17.5. The van der Waals surface area contributed by atoms with Crippen LogP contribution in [0.1, 0.15) is 16.7 Å². The Morgan fingerprint density at radius 3 is 2.50 bits per heavy atom. The lowest BCUT2D eigenvalue weighted by molar-refractivity contribution is 0.593. The Hall–Kier alpha value is -3.89. The van der Waals surface area contributed by atoms with Gasteiger partial charge in [0.1, 0.15) is 5.69 Å². The first-order valence-electron chi connectivity index (χ1n) is 8.77. The second kappa shape index (κ2) is 7.78. The molecule has 4 rings (SSSR count). The predicted molar refractivity (Wildman–Crippen MR) is 105 cm³/mol. The number of aromatic nitrogens is 5. The Balaban J connectivity index is 1.68. The van der Waals surface area contributed by atoms with E-state index in [4.69, 9.17) is 5.73 Å². The maximum atomic E-state index is 9.28. The summed E-state index contributed by atoms with van der Waals surface area (Å²) in [5, 5.41) is 18.2. The van der Waals surface area contributed by atoms with Crippen molar-refractivity contribution in [2.24, 2.45) is 5.73 Å². The number of hydrogen-bond acceptors (Lipinski definition) is 6. The highest BCUT2D eigenvalue weighted by Crippen LogP contribution is 2.23. The lowest BCUT2D eigenvalue weighted by Gasteiger charge is -2.09. The molecule has 7 nitrogen and oxygen atoms in total. The van der Waals surface area contributed by atoms with E-state index in [1.807, 2.05) is 42.5 Å². The molecule has 28 heavy (non-hydrogen) atoms. The second-order valence-electron chi connectivity index (χ2n) is 6.23. The first kappa shape index (κ1) is 17.5. The summed E-state index contributed by atoms with van der Waals surface area (Å²) in [5.74, 6) is 0.576. The van der Waals surface area contributed by atoms with E-state index in [0.29, 0.717) is 24.5 Å². The molecule has 2 aromatic heterocycles. The van der Waals surface area contributed by atoms with E-state index in [9.17, 15) is 5.26 Å². The van der Waals surface area contributed by atoms with E-state index in [2.05, 4.69) is 26.2 Å². The minimum atomic E-state index is 0.389. The molecule has 0 saturated heterocycles.